The first-order valence-electron chi connectivity index (χ1n) is 3.40. The van der Waals surface area contributed by atoms with Crippen molar-refractivity contribution < 1.29 is 9.53 Å². The van der Waals surface area contributed by atoms with E-state index in [0.29, 0.717) is 5.92 Å². The maximum Gasteiger partial charge on any atom is 0.348 e. The Labute approximate surface area is 55.2 Å². The standard InChI is InChI=1S/C7H12O2/c1-5(2)3-4-6-7(8)9-6/h5-6H,3-4H2,1-2H3. The fourth-order valence-electron chi connectivity index (χ4n) is 0.768. The Kier molecular flexibility index (Phi) is 1.74. The van der Waals surface area contributed by atoms with Crippen LogP contribution in [0.5, 0.6) is 0 Å². The third-order valence-electron chi connectivity index (χ3n) is 1.47. The first kappa shape index (κ1) is 6.59. The second kappa shape index (κ2) is 2.38. The van der Waals surface area contributed by atoms with Crippen LogP contribution < -0.4 is 0 Å². The van der Waals surface area contributed by atoms with E-state index in [-0.39, 0.29) is 12.1 Å². The predicted molar refractivity (Wildman–Crippen MR) is 34.0 cm³/mol. The molecule has 2 nitrogen and oxygen atoms in total. The highest BCUT2D eigenvalue weighted by molar-refractivity contribution is 5.87. The van der Waals surface area contributed by atoms with Crippen molar-refractivity contribution in [2.24, 2.45) is 5.92 Å². The Morgan fingerprint density at radius 1 is 1.67 bits per heavy atom. The van der Waals surface area contributed by atoms with Gasteiger partial charge in [0.2, 0.25) is 0 Å². The van der Waals surface area contributed by atoms with Crippen molar-refractivity contribution >= 4 is 5.97 Å². The van der Waals surface area contributed by atoms with Crippen LogP contribution in [0.3, 0.4) is 0 Å². The van der Waals surface area contributed by atoms with Crippen LogP contribution in [-0.4, -0.2) is 12.1 Å². The number of rotatable bonds is 3. The quantitative estimate of drug-likeness (QED) is 0.537. The Balaban J connectivity index is 2.00. The van der Waals surface area contributed by atoms with Gasteiger partial charge in [-0.15, -0.1) is 0 Å². The van der Waals surface area contributed by atoms with Gasteiger partial charge < -0.3 is 4.74 Å². The molecule has 0 N–H and O–H groups in total. The molecule has 0 amide bonds. The molecule has 1 aliphatic heterocycles. The molecule has 0 saturated carbocycles. The van der Waals surface area contributed by atoms with Crippen LogP contribution in [0.4, 0.5) is 0 Å². The topological polar surface area (TPSA) is 29.6 Å². The molecule has 0 bridgehead atoms. The van der Waals surface area contributed by atoms with Crippen LogP contribution in [0.1, 0.15) is 26.7 Å². The molecule has 9 heavy (non-hydrogen) atoms. The molecule has 0 spiro atoms. The lowest BCUT2D eigenvalue weighted by Gasteiger charge is -1.97. The predicted octanol–water partition coefficient (Wildman–Crippen LogP) is 1.35. The fraction of sp³-hybridized carbons (Fsp3) is 0.857. The highest BCUT2D eigenvalue weighted by Gasteiger charge is 2.36. The molecular weight excluding hydrogens is 116 g/mol. The van der Waals surface area contributed by atoms with Crippen LogP contribution in [-0.2, 0) is 9.53 Å². The summed E-state index contributed by atoms with van der Waals surface area (Å²) in [6, 6.07) is 0. The Morgan fingerprint density at radius 2 is 2.22 bits per heavy atom. The Morgan fingerprint density at radius 3 is 2.56 bits per heavy atom. The van der Waals surface area contributed by atoms with E-state index < -0.39 is 0 Å². The number of cyclic esters (lactones) is 1. The Bertz CT molecular complexity index is 118. The van der Waals surface area contributed by atoms with E-state index in [0.717, 1.165) is 12.8 Å². The van der Waals surface area contributed by atoms with Gasteiger partial charge in [0.25, 0.3) is 0 Å². The van der Waals surface area contributed by atoms with E-state index in [1.165, 1.54) is 0 Å². The minimum atomic E-state index is -0.0348. The van der Waals surface area contributed by atoms with Crippen LogP contribution >= 0.6 is 0 Å². The van der Waals surface area contributed by atoms with Gasteiger partial charge in [0.1, 0.15) is 0 Å². The van der Waals surface area contributed by atoms with Crippen molar-refractivity contribution in [1.82, 2.24) is 0 Å². The van der Waals surface area contributed by atoms with E-state index in [1.54, 1.807) is 0 Å². The number of carbonyl (C=O) groups excluding carboxylic acids is 1. The molecule has 1 aliphatic rings. The molecule has 52 valence electrons. The van der Waals surface area contributed by atoms with Gasteiger partial charge in [0, 0.05) is 0 Å². The molecule has 1 fully saturated rings. The van der Waals surface area contributed by atoms with Crippen molar-refractivity contribution in [2.45, 2.75) is 32.8 Å². The molecular formula is C7H12O2. The second-order valence-electron chi connectivity index (χ2n) is 2.90. The maximum absolute atomic E-state index is 10.3. The molecule has 1 saturated heterocycles. The molecule has 0 aromatic heterocycles. The van der Waals surface area contributed by atoms with Crippen molar-refractivity contribution in [3.8, 4) is 0 Å². The number of carbonyl (C=O) groups is 1. The lowest BCUT2D eigenvalue weighted by molar-refractivity contribution is -0.117. The summed E-state index contributed by atoms with van der Waals surface area (Å²) in [6.45, 7) is 4.29. The first-order chi connectivity index (χ1) is 4.20. The molecule has 1 atom stereocenters. The molecule has 0 aromatic carbocycles. The fourth-order valence-corrected chi connectivity index (χ4v) is 0.768. The minimum absolute atomic E-state index is 0.0179. The summed E-state index contributed by atoms with van der Waals surface area (Å²) in [7, 11) is 0. The van der Waals surface area contributed by atoms with Crippen LogP contribution in [0.2, 0.25) is 0 Å². The highest BCUT2D eigenvalue weighted by Crippen LogP contribution is 2.20. The van der Waals surface area contributed by atoms with Gasteiger partial charge in [0.05, 0.1) is 0 Å². The average molecular weight is 128 g/mol. The van der Waals surface area contributed by atoms with E-state index in [1.807, 2.05) is 0 Å². The second-order valence-corrected chi connectivity index (χ2v) is 2.90. The monoisotopic (exact) mass is 128 g/mol. The van der Waals surface area contributed by atoms with Gasteiger partial charge in [0.15, 0.2) is 6.10 Å². The van der Waals surface area contributed by atoms with Gasteiger partial charge in [-0.25, -0.2) is 4.79 Å². The molecule has 2 heteroatoms. The molecule has 0 aliphatic carbocycles. The molecule has 0 radical (unpaired) electrons. The maximum atomic E-state index is 10.3. The largest absolute Gasteiger partial charge is 0.448 e. The molecule has 1 unspecified atom stereocenters. The summed E-state index contributed by atoms with van der Waals surface area (Å²) >= 11 is 0. The van der Waals surface area contributed by atoms with Gasteiger partial charge >= 0.3 is 5.97 Å². The number of hydrogen-bond donors (Lipinski definition) is 0. The lowest BCUT2D eigenvalue weighted by atomic mass is 10.1. The minimum Gasteiger partial charge on any atom is -0.448 e. The van der Waals surface area contributed by atoms with Crippen molar-refractivity contribution in [2.75, 3.05) is 0 Å². The summed E-state index contributed by atoms with van der Waals surface area (Å²) in [4.78, 5) is 10.3. The zero-order chi connectivity index (χ0) is 6.85. The van der Waals surface area contributed by atoms with Crippen molar-refractivity contribution in [3.05, 3.63) is 0 Å². The van der Waals surface area contributed by atoms with Gasteiger partial charge in [-0.1, -0.05) is 13.8 Å². The third kappa shape index (κ3) is 2.04. The average Bonchev–Trinajstić information content (AvgIpc) is 2.42. The summed E-state index contributed by atoms with van der Waals surface area (Å²) in [6.07, 6.45) is 1.97. The SMILES string of the molecule is CC(C)CCC1OC1=O. The van der Waals surface area contributed by atoms with Crippen molar-refractivity contribution in [3.63, 3.8) is 0 Å². The van der Waals surface area contributed by atoms with E-state index in [4.69, 9.17) is 0 Å². The summed E-state index contributed by atoms with van der Waals surface area (Å²) in [5, 5.41) is 0. The van der Waals surface area contributed by atoms with Gasteiger partial charge in [-0.2, -0.15) is 0 Å². The molecule has 0 aromatic rings. The number of ether oxygens (including phenoxy) is 1. The highest BCUT2D eigenvalue weighted by atomic mass is 16.6. The van der Waals surface area contributed by atoms with Crippen LogP contribution in [0, 0.1) is 5.92 Å². The van der Waals surface area contributed by atoms with Crippen LogP contribution in [0.15, 0.2) is 0 Å². The summed E-state index contributed by atoms with van der Waals surface area (Å²) in [5.74, 6) is 0.664. The third-order valence-corrected chi connectivity index (χ3v) is 1.47. The number of epoxide rings is 1. The molecule has 1 heterocycles. The van der Waals surface area contributed by atoms with Gasteiger partial charge in [-0.3, -0.25) is 0 Å². The van der Waals surface area contributed by atoms with E-state index >= 15 is 0 Å². The van der Waals surface area contributed by atoms with E-state index in [2.05, 4.69) is 18.6 Å². The zero-order valence-corrected chi connectivity index (χ0v) is 5.89. The zero-order valence-electron chi connectivity index (χ0n) is 5.89. The summed E-state index contributed by atoms with van der Waals surface area (Å²) < 4.78 is 4.63. The molecule has 1 rings (SSSR count). The lowest BCUT2D eigenvalue weighted by Crippen LogP contribution is -1.92. The van der Waals surface area contributed by atoms with Crippen LogP contribution in [0.25, 0.3) is 0 Å². The smallest absolute Gasteiger partial charge is 0.348 e. The van der Waals surface area contributed by atoms with Crippen molar-refractivity contribution in [1.29, 1.82) is 0 Å². The van der Waals surface area contributed by atoms with E-state index in [9.17, 15) is 4.79 Å². The first-order valence-corrected chi connectivity index (χ1v) is 3.40. The van der Waals surface area contributed by atoms with Gasteiger partial charge in [-0.05, 0) is 18.8 Å². The number of hydrogen-bond acceptors (Lipinski definition) is 2. The normalized spacial score (nSPS) is 24.3. The Hall–Kier alpha value is -0.530. The summed E-state index contributed by atoms with van der Waals surface area (Å²) in [5.41, 5.74) is 0.